The molecule has 1 saturated carbocycles. The quantitative estimate of drug-likeness (QED) is 0.526. The lowest BCUT2D eigenvalue weighted by molar-refractivity contribution is 0.326. The SMILES string of the molecule is Cn1ccnc1CSc1nc2ccccc2c(=O)n1C1CCCCC1. The van der Waals surface area contributed by atoms with Gasteiger partial charge in [0.2, 0.25) is 0 Å². The number of aryl methyl sites for hydroxylation is 1. The zero-order valence-corrected chi connectivity index (χ0v) is 15.2. The van der Waals surface area contributed by atoms with E-state index in [1.54, 1.807) is 18.0 Å². The highest BCUT2D eigenvalue weighted by Crippen LogP contribution is 2.31. The summed E-state index contributed by atoms with van der Waals surface area (Å²) in [5.74, 6) is 1.70. The summed E-state index contributed by atoms with van der Waals surface area (Å²) in [6, 6.07) is 7.93. The Bertz CT molecular complexity index is 940. The Morgan fingerprint density at radius 1 is 1.20 bits per heavy atom. The second-order valence-corrected chi connectivity index (χ2v) is 7.56. The zero-order valence-electron chi connectivity index (χ0n) is 14.4. The zero-order chi connectivity index (χ0) is 17.2. The van der Waals surface area contributed by atoms with Crippen LogP contribution in [0.1, 0.15) is 44.0 Å². The molecule has 1 aromatic carbocycles. The van der Waals surface area contributed by atoms with Gasteiger partial charge in [0.15, 0.2) is 5.16 Å². The molecule has 0 radical (unpaired) electrons. The van der Waals surface area contributed by atoms with E-state index in [0.717, 1.165) is 34.7 Å². The average Bonchev–Trinajstić information content (AvgIpc) is 3.06. The first-order chi connectivity index (χ1) is 12.2. The number of fused-ring (bicyclic) bond motifs is 1. The number of thioether (sulfide) groups is 1. The Kier molecular flexibility index (Phi) is 4.61. The molecule has 0 amide bonds. The first-order valence-electron chi connectivity index (χ1n) is 8.84. The fourth-order valence-electron chi connectivity index (χ4n) is 3.55. The van der Waals surface area contributed by atoms with E-state index in [2.05, 4.69) is 4.98 Å². The number of hydrogen-bond acceptors (Lipinski definition) is 4. The van der Waals surface area contributed by atoms with Crippen molar-refractivity contribution in [3.63, 3.8) is 0 Å². The molecule has 1 fully saturated rings. The number of aromatic nitrogens is 4. The van der Waals surface area contributed by atoms with Crippen molar-refractivity contribution in [1.82, 2.24) is 19.1 Å². The van der Waals surface area contributed by atoms with E-state index in [9.17, 15) is 4.79 Å². The highest BCUT2D eigenvalue weighted by atomic mass is 32.2. The van der Waals surface area contributed by atoms with Crippen LogP contribution in [0.3, 0.4) is 0 Å². The van der Waals surface area contributed by atoms with Crippen molar-refractivity contribution in [3.8, 4) is 0 Å². The molecular weight excluding hydrogens is 332 g/mol. The summed E-state index contributed by atoms with van der Waals surface area (Å²) >= 11 is 1.61. The monoisotopic (exact) mass is 354 g/mol. The maximum atomic E-state index is 13.2. The molecule has 1 aliphatic carbocycles. The molecule has 4 rings (SSSR count). The van der Waals surface area contributed by atoms with Crippen LogP contribution in [0.2, 0.25) is 0 Å². The number of para-hydroxylation sites is 1. The molecule has 0 bridgehead atoms. The van der Waals surface area contributed by atoms with Crippen molar-refractivity contribution >= 4 is 22.7 Å². The standard InChI is InChI=1S/C19H22N4OS/c1-22-12-11-20-17(22)13-25-19-21-16-10-6-5-9-15(16)18(24)23(19)14-7-3-2-4-8-14/h5-6,9-12,14H,2-4,7-8,13H2,1H3. The van der Waals surface area contributed by atoms with Crippen LogP contribution >= 0.6 is 11.8 Å². The summed E-state index contributed by atoms with van der Waals surface area (Å²) in [4.78, 5) is 22.4. The van der Waals surface area contributed by atoms with E-state index in [0.29, 0.717) is 5.75 Å². The fraction of sp³-hybridized carbons (Fsp3) is 0.421. The minimum absolute atomic E-state index is 0.0971. The van der Waals surface area contributed by atoms with Crippen molar-refractivity contribution in [1.29, 1.82) is 0 Å². The Balaban J connectivity index is 1.77. The predicted molar refractivity (Wildman–Crippen MR) is 101 cm³/mol. The maximum Gasteiger partial charge on any atom is 0.262 e. The lowest BCUT2D eigenvalue weighted by Gasteiger charge is -2.26. The summed E-state index contributed by atoms with van der Waals surface area (Å²) in [6.07, 6.45) is 9.52. The van der Waals surface area contributed by atoms with E-state index < -0.39 is 0 Å². The molecule has 3 aromatic rings. The van der Waals surface area contributed by atoms with Crippen molar-refractivity contribution < 1.29 is 0 Å². The highest BCUT2D eigenvalue weighted by molar-refractivity contribution is 7.98. The van der Waals surface area contributed by atoms with E-state index in [-0.39, 0.29) is 11.6 Å². The largest absolute Gasteiger partial charge is 0.337 e. The summed E-state index contributed by atoms with van der Waals surface area (Å²) in [5.41, 5.74) is 0.877. The molecule has 25 heavy (non-hydrogen) atoms. The normalized spacial score (nSPS) is 15.7. The molecule has 5 nitrogen and oxygen atoms in total. The number of benzene rings is 1. The van der Waals surface area contributed by atoms with E-state index in [1.807, 2.05) is 46.6 Å². The van der Waals surface area contributed by atoms with Gasteiger partial charge < -0.3 is 4.57 Å². The minimum atomic E-state index is 0.0971. The second-order valence-electron chi connectivity index (χ2n) is 6.62. The lowest BCUT2D eigenvalue weighted by Crippen LogP contribution is -2.29. The first kappa shape index (κ1) is 16.4. The van der Waals surface area contributed by atoms with Crippen LogP contribution in [0.15, 0.2) is 46.6 Å². The fourth-order valence-corrected chi connectivity index (χ4v) is 4.62. The molecule has 0 spiro atoms. The van der Waals surface area contributed by atoms with Gasteiger partial charge in [0, 0.05) is 25.5 Å². The Morgan fingerprint density at radius 2 is 2.00 bits per heavy atom. The molecule has 0 saturated heterocycles. The first-order valence-corrected chi connectivity index (χ1v) is 9.83. The van der Waals surface area contributed by atoms with Crippen LogP contribution in [0.25, 0.3) is 10.9 Å². The van der Waals surface area contributed by atoms with E-state index >= 15 is 0 Å². The van der Waals surface area contributed by atoms with Gasteiger partial charge in [-0.1, -0.05) is 43.2 Å². The van der Waals surface area contributed by atoms with Gasteiger partial charge in [-0.05, 0) is 25.0 Å². The lowest BCUT2D eigenvalue weighted by atomic mass is 9.95. The van der Waals surface area contributed by atoms with Crippen molar-refractivity contribution in [2.75, 3.05) is 0 Å². The van der Waals surface area contributed by atoms with E-state index in [1.165, 1.54) is 19.3 Å². The predicted octanol–water partition coefficient (Wildman–Crippen LogP) is 3.93. The van der Waals surface area contributed by atoms with Gasteiger partial charge >= 0.3 is 0 Å². The third-order valence-electron chi connectivity index (χ3n) is 4.97. The Morgan fingerprint density at radius 3 is 2.76 bits per heavy atom. The molecule has 0 N–H and O–H groups in total. The van der Waals surface area contributed by atoms with Gasteiger partial charge in [-0.15, -0.1) is 0 Å². The molecule has 6 heteroatoms. The molecule has 2 heterocycles. The van der Waals surface area contributed by atoms with Crippen LogP contribution in [0.4, 0.5) is 0 Å². The van der Waals surface area contributed by atoms with Crippen LogP contribution in [-0.2, 0) is 12.8 Å². The summed E-state index contributed by atoms with van der Waals surface area (Å²) in [7, 11) is 1.99. The minimum Gasteiger partial charge on any atom is -0.337 e. The Labute approximate surface area is 151 Å². The average molecular weight is 354 g/mol. The van der Waals surface area contributed by atoms with Gasteiger partial charge in [-0.2, -0.15) is 0 Å². The highest BCUT2D eigenvalue weighted by Gasteiger charge is 2.22. The maximum absolute atomic E-state index is 13.2. The Hall–Kier alpha value is -2.08. The van der Waals surface area contributed by atoms with Crippen LogP contribution in [0, 0.1) is 0 Å². The molecular formula is C19H22N4OS. The smallest absolute Gasteiger partial charge is 0.262 e. The number of rotatable bonds is 4. The van der Waals surface area contributed by atoms with E-state index in [4.69, 9.17) is 4.98 Å². The molecule has 0 atom stereocenters. The van der Waals surface area contributed by atoms with Crippen LogP contribution < -0.4 is 5.56 Å². The van der Waals surface area contributed by atoms with Crippen molar-refractivity contribution in [2.45, 2.75) is 49.1 Å². The molecule has 1 aliphatic rings. The van der Waals surface area contributed by atoms with Gasteiger partial charge in [0.05, 0.1) is 16.7 Å². The third kappa shape index (κ3) is 3.23. The molecule has 2 aromatic heterocycles. The number of hydrogen-bond donors (Lipinski definition) is 0. The van der Waals surface area contributed by atoms with Crippen LogP contribution in [-0.4, -0.2) is 19.1 Å². The topological polar surface area (TPSA) is 52.7 Å². The van der Waals surface area contributed by atoms with Gasteiger partial charge in [0.1, 0.15) is 5.82 Å². The van der Waals surface area contributed by atoms with Crippen LogP contribution in [0.5, 0.6) is 0 Å². The van der Waals surface area contributed by atoms with Gasteiger partial charge in [-0.3, -0.25) is 9.36 Å². The van der Waals surface area contributed by atoms with Gasteiger partial charge in [0.25, 0.3) is 5.56 Å². The molecule has 0 unspecified atom stereocenters. The second kappa shape index (κ2) is 7.04. The summed E-state index contributed by atoms with van der Waals surface area (Å²) < 4.78 is 3.96. The number of imidazole rings is 1. The molecule has 0 aliphatic heterocycles. The van der Waals surface area contributed by atoms with Crippen molar-refractivity contribution in [3.05, 3.63) is 52.8 Å². The summed E-state index contributed by atoms with van der Waals surface area (Å²) in [6.45, 7) is 0. The summed E-state index contributed by atoms with van der Waals surface area (Å²) in [5, 5.41) is 1.54. The van der Waals surface area contributed by atoms with Crippen molar-refractivity contribution in [2.24, 2.45) is 7.05 Å². The van der Waals surface area contributed by atoms with Gasteiger partial charge in [-0.25, -0.2) is 9.97 Å². The molecule has 130 valence electrons. The number of nitrogens with zero attached hydrogens (tertiary/aromatic N) is 4. The third-order valence-corrected chi connectivity index (χ3v) is 5.92.